The van der Waals surface area contributed by atoms with Gasteiger partial charge in [0, 0.05) is 24.9 Å². The minimum atomic E-state index is -0.127. The van der Waals surface area contributed by atoms with Crippen molar-refractivity contribution in [2.75, 3.05) is 37.0 Å². The fraction of sp³-hybridized carbons (Fsp3) is 0.368. The molecule has 3 rings (SSSR count). The summed E-state index contributed by atoms with van der Waals surface area (Å²) in [7, 11) is 0. The molecule has 1 saturated heterocycles. The summed E-state index contributed by atoms with van der Waals surface area (Å²) in [5, 5.41) is 3.96. The number of morpholine rings is 1. The second-order valence-corrected chi connectivity index (χ2v) is 7.03. The van der Waals surface area contributed by atoms with E-state index in [1.807, 2.05) is 12.1 Å². The largest absolute Gasteiger partial charge is 0.440 e. The highest BCUT2D eigenvalue weighted by atomic mass is 32.2. The van der Waals surface area contributed by atoms with Crippen LogP contribution in [0.1, 0.15) is 16.9 Å². The Bertz CT molecular complexity index is 737. The van der Waals surface area contributed by atoms with Gasteiger partial charge in [0.1, 0.15) is 5.76 Å². The Labute approximate surface area is 157 Å². The van der Waals surface area contributed by atoms with E-state index in [1.165, 1.54) is 17.3 Å². The summed E-state index contributed by atoms with van der Waals surface area (Å²) >= 11 is 1.56. The predicted molar refractivity (Wildman–Crippen MR) is 105 cm³/mol. The Morgan fingerprint density at radius 1 is 1.23 bits per heavy atom. The molecule has 7 heteroatoms. The topological polar surface area (TPSA) is 67.1 Å². The van der Waals surface area contributed by atoms with Gasteiger partial charge in [0.2, 0.25) is 5.91 Å². The number of benzene rings is 1. The van der Waals surface area contributed by atoms with E-state index in [1.54, 1.807) is 11.8 Å². The molecule has 0 saturated carbocycles. The molecule has 1 amide bonds. The third kappa shape index (κ3) is 5.64. The summed E-state index contributed by atoms with van der Waals surface area (Å²) in [6.45, 7) is 5.12. The second kappa shape index (κ2) is 9.45. The van der Waals surface area contributed by atoms with Gasteiger partial charge in [-0.2, -0.15) is 5.10 Å². The molecule has 0 unspecified atom stereocenters. The number of hydrazone groups is 1. The van der Waals surface area contributed by atoms with Crippen LogP contribution in [0.3, 0.4) is 0 Å². The second-order valence-electron chi connectivity index (χ2n) is 6.05. The molecule has 26 heavy (non-hydrogen) atoms. The average molecular weight is 373 g/mol. The van der Waals surface area contributed by atoms with E-state index < -0.39 is 0 Å². The molecular weight excluding hydrogens is 350 g/mol. The van der Waals surface area contributed by atoms with E-state index in [4.69, 9.17) is 9.15 Å². The summed E-state index contributed by atoms with van der Waals surface area (Å²) in [5.74, 6) is 2.45. The first kappa shape index (κ1) is 18.5. The first-order valence-electron chi connectivity index (χ1n) is 8.58. The highest BCUT2D eigenvalue weighted by molar-refractivity contribution is 7.99. The Hall–Kier alpha value is -2.25. The number of hydrogen-bond acceptors (Lipinski definition) is 6. The van der Waals surface area contributed by atoms with Crippen molar-refractivity contribution in [1.82, 2.24) is 5.43 Å². The minimum absolute atomic E-state index is 0.127. The molecule has 1 aromatic carbocycles. The van der Waals surface area contributed by atoms with Crippen molar-refractivity contribution in [3.05, 3.63) is 53.3 Å². The Balaban J connectivity index is 1.38. The number of aryl methyl sites for hydroxylation is 1. The number of nitrogens with one attached hydrogen (secondary N) is 1. The number of ether oxygens (including phenoxy) is 1. The molecule has 0 atom stereocenters. The van der Waals surface area contributed by atoms with Crippen LogP contribution >= 0.6 is 11.8 Å². The predicted octanol–water partition coefficient (Wildman–Crippen LogP) is 2.81. The number of hydrogen-bond donors (Lipinski definition) is 1. The SMILES string of the molecule is Cc1ccc(CSCC(=O)N/N=C\c2ccc(N3CCOCC3)o2)cc1. The molecule has 0 spiro atoms. The number of carbonyl (C=O) groups excluding carboxylic acids is 1. The van der Waals surface area contributed by atoms with Gasteiger partial charge in [-0.1, -0.05) is 29.8 Å². The van der Waals surface area contributed by atoms with E-state index in [9.17, 15) is 4.79 Å². The molecule has 0 radical (unpaired) electrons. The number of carbonyl (C=O) groups is 1. The van der Waals surface area contributed by atoms with E-state index in [-0.39, 0.29) is 5.91 Å². The zero-order valence-corrected chi connectivity index (χ0v) is 15.6. The molecule has 2 heterocycles. The molecule has 2 aromatic rings. The van der Waals surface area contributed by atoms with Crippen molar-refractivity contribution in [3.63, 3.8) is 0 Å². The summed E-state index contributed by atoms with van der Waals surface area (Å²) in [5.41, 5.74) is 4.98. The van der Waals surface area contributed by atoms with Crippen molar-refractivity contribution in [2.24, 2.45) is 5.10 Å². The Morgan fingerprint density at radius 2 is 2.00 bits per heavy atom. The lowest BCUT2D eigenvalue weighted by molar-refractivity contribution is -0.118. The number of rotatable bonds is 7. The summed E-state index contributed by atoms with van der Waals surface area (Å²) in [6.07, 6.45) is 1.52. The van der Waals surface area contributed by atoms with Gasteiger partial charge in [-0.15, -0.1) is 11.8 Å². The Kier molecular flexibility index (Phi) is 6.74. The summed E-state index contributed by atoms with van der Waals surface area (Å²) in [4.78, 5) is 14.0. The maximum Gasteiger partial charge on any atom is 0.250 e. The highest BCUT2D eigenvalue weighted by Crippen LogP contribution is 2.18. The van der Waals surface area contributed by atoms with Gasteiger partial charge < -0.3 is 14.1 Å². The molecule has 1 aliphatic heterocycles. The van der Waals surface area contributed by atoms with Crippen molar-refractivity contribution in [3.8, 4) is 0 Å². The van der Waals surface area contributed by atoms with E-state index in [0.717, 1.165) is 24.7 Å². The number of furan rings is 1. The molecule has 1 aromatic heterocycles. The average Bonchev–Trinajstić information content (AvgIpc) is 3.13. The normalized spacial score (nSPS) is 14.7. The van der Waals surface area contributed by atoms with Gasteiger partial charge in [0.25, 0.3) is 0 Å². The van der Waals surface area contributed by atoms with Crippen LogP contribution in [0.25, 0.3) is 0 Å². The quantitative estimate of drug-likeness (QED) is 0.597. The molecule has 6 nitrogen and oxygen atoms in total. The standard InChI is InChI=1S/C19H23N3O3S/c1-15-2-4-16(5-3-15)13-26-14-18(23)21-20-12-17-6-7-19(25-17)22-8-10-24-11-9-22/h2-7,12H,8-11,13-14H2,1H3,(H,21,23)/b20-12-. The van der Waals surface area contributed by atoms with Crippen LogP contribution in [0.2, 0.25) is 0 Å². The zero-order chi connectivity index (χ0) is 18.2. The first-order valence-corrected chi connectivity index (χ1v) is 9.74. The van der Waals surface area contributed by atoms with Crippen LogP contribution in [-0.4, -0.2) is 44.2 Å². The number of anilines is 1. The molecule has 1 N–H and O–H groups in total. The van der Waals surface area contributed by atoms with Gasteiger partial charge in [-0.05, 0) is 18.6 Å². The van der Waals surface area contributed by atoms with Gasteiger partial charge in [0.05, 0.1) is 25.2 Å². The van der Waals surface area contributed by atoms with E-state index in [2.05, 4.69) is 46.6 Å². The Morgan fingerprint density at radius 3 is 2.77 bits per heavy atom. The molecule has 138 valence electrons. The number of amides is 1. The maximum atomic E-state index is 11.8. The monoisotopic (exact) mass is 373 g/mol. The van der Waals surface area contributed by atoms with Crippen LogP contribution in [0.15, 0.2) is 45.9 Å². The maximum absolute atomic E-state index is 11.8. The summed E-state index contributed by atoms with van der Waals surface area (Å²) < 4.78 is 11.0. The molecule has 0 aliphatic carbocycles. The lowest BCUT2D eigenvalue weighted by Crippen LogP contribution is -2.35. The highest BCUT2D eigenvalue weighted by Gasteiger charge is 2.14. The minimum Gasteiger partial charge on any atom is -0.440 e. The van der Waals surface area contributed by atoms with Crippen molar-refractivity contribution in [1.29, 1.82) is 0 Å². The first-order chi connectivity index (χ1) is 12.7. The molecule has 1 aliphatic rings. The number of nitrogens with zero attached hydrogens (tertiary/aromatic N) is 2. The fourth-order valence-electron chi connectivity index (χ4n) is 2.51. The van der Waals surface area contributed by atoms with Crippen LogP contribution in [0.4, 0.5) is 5.88 Å². The third-order valence-electron chi connectivity index (χ3n) is 3.94. The molecule has 1 fully saturated rings. The zero-order valence-electron chi connectivity index (χ0n) is 14.8. The number of thioether (sulfide) groups is 1. The van der Waals surface area contributed by atoms with Gasteiger partial charge in [0.15, 0.2) is 5.88 Å². The lowest BCUT2D eigenvalue weighted by atomic mass is 10.2. The smallest absolute Gasteiger partial charge is 0.250 e. The van der Waals surface area contributed by atoms with Gasteiger partial charge in [-0.3, -0.25) is 4.79 Å². The van der Waals surface area contributed by atoms with E-state index >= 15 is 0 Å². The van der Waals surface area contributed by atoms with Crippen molar-refractivity contribution < 1.29 is 13.9 Å². The molecular formula is C19H23N3O3S. The lowest BCUT2D eigenvalue weighted by Gasteiger charge is -2.26. The van der Waals surface area contributed by atoms with Gasteiger partial charge >= 0.3 is 0 Å². The van der Waals surface area contributed by atoms with Crippen LogP contribution in [-0.2, 0) is 15.3 Å². The summed E-state index contributed by atoms with van der Waals surface area (Å²) in [6, 6.07) is 12.1. The van der Waals surface area contributed by atoms with Crippen molar-refractivity contribution in [2.45, 2.75) is 12.7 Å². The van der Waals surface area contributed by atoms with Crippen molar-refractivity contribution >= 4 is 29.8 Å². The van der Waals surface area contributed by atoms with E-state index in [0.29, 0.717) is 24.7 Å². The third-order valence-corrected chi connectivity index (χ3v) is 4.94. The van der Waals surface area contributed by atoms with Crippen LogP contribution in [0, 0.1) is 6.92 Å². The van der Waals surface area contributed by atoms with Gasteiger partial charge in [-0.25, -0.2) is 5.43 Å². The molecule has 0 bridgehead atoms. The van der Waals surface area contributed by atoms with Crippen LogP contribution < -0.4 is 10.3 Å². The van der Waals surface area contributed by atoms with Crippen LogP contribution in [0.5, 0.6) is 0 Å². The fourth-order valence-corrected chi connectivity index (χ4v) is 3.29.